The lowest BCUT2D eigenvalue weighted by Gasteiger charge is -2.22. The van der Waals surface area contributed by atoms with Gasteiger partial charge in [0.1, 0.15) is 23.3 Å². The van der Waals surface area contributed by atoms with Crippen molar-refractivity contribution in [1.29, 1.82) is 0 Å². The van der Waals surface area contributed by atoms with Crippen LogP contribution in [-0.4, -0.2) is 66.9 Å². The minimum Gasteiger partial charge on any atom is -0.397 e. The summed E-state index contributed by atoms with van der Waals surface area (Å²) in [7, 11) is 0. The number of nitrogens with zero attached hydrogens (tertiary/aromatic N) is 5. The molecule has 0 fully saturated rings. The molecule has 0 spiro atoms. The zero-order valence-electron chi connectivity index (χ0n) is 38.8. The molecule has 0 aliphatic rings. The van der Waals surface area contributed by atoms with Gasteiger partial charge in [0.15, 0.2) is 12.1 Å². The summed E-state index contributed by atoms with van der Waals surface area (Å²) in [4.78, 5) is 42.7. The smallest absolute Gasteiger partial charge is 0.218 e. The minimum absolute atomic E-state index is 0.208. The molecule has 7 aromatic rings. The zero-order valence-corrected chi connectivity index (χ0v) is 41.9. The molecular weight excluding hydrogens is 1000 g/mol. The number of aromatic nitrogens is 4. The number of amides is 2. The van der Waals surface area contributed by atoms with Crippen LogP contribution in [0.3, 0.4) is 0 Å². The molecule has 378 valence electrons. The number of primary amides is 2. The third-order valence-corrected chi connectivity index (χ3v) is 10.3. The van der Waals surface area contributed by atoms with Crippen molar-refractivity contribution in [2.24, 2.45) is 17.2 Å². The molecule has 0 aliphatic heterocycles. The number of benzene rings is 5. The Morgan fingerprint density at radius 1 is 0.662 bits per heavy atom. The first-order valence-corrected chi connectivity index (χ1v) is 23.4. The lowest BCUT2D eigenvalue weighted by Crippen LogP contribution is -2.29. The Morgan fingerprint density at radius 2 is 1.13 bits per heavy atom. The third kappa shape index (κ3) is 24.5. The molecule has 5 aromatic carbocycles. The van der Waals surface area contributed by atoms with Crippen molar-refractivity contribution in [3.05, 3.63) is 211 Å². The average Bonchev–Trinajstić information content (AvgIpc) is 3.95. The van der Waals surface area contributed by atoms with Crippen LogP contribution in [-0.2, 0) is 48.9 Å². The van der Waals surface area contributed by atoms with Crippen molar-refractivity contribution >= 4 is 64.5 Å². The predicted octanol–water partition coefficient (Wildman–Crippen LogP) is 9.38. The Bertz CT molecular complexity index is 2690. The molecule has 2 aromatic heterocycles. The highest BCUT2D eigenvalue weighted by Gasteiger charge is 2.14. The molecule has 8 N–H and O–H groups in total. The first kappa shape index (κ1) is 59.2. The van der Waals surface area contributed by atoms with Gasteiger partial charge in [-0.25, -0.2) is 23.1 Å². The van der Waals surface area contributed by atoms with Crippen LogP contribution in [0.4, 0.5) is 13.2 Å². The molecule has 13 nitrogen and oxygen atoms in total. The molecule has 7 rings (SSSR count). The fourth-order valence-corrected chi connectivity index (χ4v) is 7.48. The van der Waals surface area contributed by atoms with E-state index in [2.05, 4.69) is 15.3 Å². The number of carbonyl (C=O) groups is 3. The van der Waals surface area contributed by atoms with Gasteiger partial charge in [-0.1, -0.05) is 82.8 Å². The normalized spacial score (nSPS) is 10.4. The predicted molar refractivity (Wildman–Crippen MR) is 274 cm³/mol. The van der Waals surface area contributed by atoms with Crippen molar-refractivity contribution in [3.63, 3.8) is 0 Å². The summed E-state index contributed by atoms with van der Waals surface area (Å²) in [5, 5.41) is 12.9. The van der Waals surface area contributed by atoms with Crippen LogP contribution in [0.5, 0.6) is 0 Å². The van der Waals surface area contributed by atoms with Gasteiger partial charge in [0.25, 0.3) is 0 Å². The molecule has 0 bridgehead atoms. The number of nitrogens with one attached hydrogen (secondary N) is 1. The summed E-state index contributed by atoms with van der Waals surface area (Å²) in [6, 6.07) is 29.7. The molecule has 0 atom stereocenters. The van der Waals surface area contributed by atoms with Crippen molar-refractivity contribution in [1.82, 2.24) is 29.3 Å². The van der Waals surface area contributed by atoms with E-state index in [1.165, 1.54) is 36.4 Å². The largest absolute Gasteiger partial charge is 0.397 e. The van der Waals surface area contributed by atoms with E-state index in [1.54, 1.807) is 66.5 Å². The maximum Gasteiger partial charge on any atom is 0.218 e. The van der Waals surface area contributed by atoms with E-state index in [-0.39, 0.29) is 42.3 Å². The standard InChI is InChI=1S/C21H21Cl2FN4O.C11H8Cl2N2O.C10H13FN2O.C7H8FN.C2H6O/c22-17-8-16(9-18(23)11-17)13-28-7-5-26-21(28)14-27(6-4-20(25)29)12-15-2-1-3-19(24)10-15;12-9-3-8(4-10(13)5-9)6-15-2-1-14-11(15)7-16;11-9-3-1-2-8(6-9)7-13-5-4-10(12)14;8-7-3-1-2-6(4-7)5-9;1-2-3/h1-3,5,7-11H,4,6,12-14H2,(H2,25,29);1-5,7H,6H2;1-3,6,13H,4-5,7H2,(H2,12,14);1-4H,5,9H2;3H,2H2,1H3. The number of hydrogen-bond donors (Lipinski definition) is 5. The molecule has 0 saturated carbocycles. The molecule has 0 saturated heterocycles. The fourth-order valence-electron chi connectivity index (χ4n) is 6.34. The lowest BCUT2D eigenvalue weighted by molar-refractivity contribution is -0.119. The number of aliphatic hydroxyl groups is 1. The van der Waals surface area contributed by atoms with E-state index >= 15 is 0 Å². The molecule has 0 radical (unpaired) electrons. The van der Waals surface area contributed by atoms with E-state index in [4.69, 9.17) is 68.7 Å². The first-order chi connectivity index (χ1) is 34.0. The van der Waals surface area contributed by atoms with Gasteiger partial charge in [0, 0.05) is 110 Å². The Morgan fingerprint density at radius 3 is 1.62 bits per heavy atom. The average molecular weight is 1060 g/mol. The van der Waals surface area contributed by atoms with Crippen molar-refractivity contribution in [2.75, 3.05) is 19.7 Å². The number of imidazole rings is 2. The van der Waals surface area contributed by atoms with Gasteiger partial charge in [-0.15, -0.1) is 0 Å². The summed E-state index contributed by atoms with van der Waals surface area (Å²) in [5.41, 5.74) is 19.9. The van der Waals surface area contributed by atoms with Crippen LogP contribution in [0, 0.1) is 17.5 Å². The number of carbonyl (C=O) groups excluding carboxylic acids is 3. The summed E-state index contributed by atoms with van der Waals surface area (Å²) in [6.07, 6.45) is 8.13. The highest BCUT2D eigenvalue weighted by Crippen LogP contribution is 2.22. The second kappa shape index (κ2) is 32.7. The van der Waals surface area contributed by atoms with E-state index in [1.807, 2.05) is 52.1 Å². The fraction of sp³-hybridized carbons (Fsp3) is 0.235. The van der Waals surface area contributed by atoms with Gasteiger partial charge in [0.05, 0.1) is 6.54 Å². The number of rotatable bonds is 18. The highest BCUT2D eigenvalue weighted by atomic mass is 35.5. The van der Waals surface area contributed by atoms with Crippen LogP contribution in [0.1, 0.15) is 64.0 Å². The zero-order chi connectivity index (χ0) is 52.1. The molecule has 2 heterocycles. The van der Waals surface area contributed by atoms with Crippen LogP contribution < -0.4 is 22.5 Å². The van der Waals surface area contributed by atoms with Crippen LogP contribution in [0.2, 0.25) is 20.1 Å². The second-order valence-corrected chi connectivity index (χ2v) is 17.0. The van der Waals surface area contributed by atoms with Gasteiger partial charge in [-0.2, -0.15) is 0 Å². The number of halogens is 7. The maximum absolute atomic E-state index is 13.5. The van der Waals surface area contributed by atoms with Gasteiger partial charge in [-0.05, 0) is 108 Å². The van der Waals surface area contributed by atoms with E-state index in [9.17, 15) is 27.6 Å². The molecule has 0 unspecified atom stereocenters. The van der Waals surface area contributed by atoms with Gasteiger partial charge < -0.3 is 36.8 Å². The SMILES string of the molecule is CCO.NC(=O)CCN(Cc1cccc(F)c1)Cc1nccn1Cc1cc(Cl)cc(Cl)c1.NC(=O)CCNCc1cccc(F)c1.NCc1cccc(F)c1.O=Cc1nccn1Cc1cc(Cl)cc(Cl)c1. The number of nitrogens with two attached hydrogens (primary N) is 3. The van der Waals surface area contributed by atoms with Crippen molar-refractivity contribution in [2.45, 2.75) is 59.0 Å². The molecule has 71 heavy (non-hydrogen) atoms. The number of aldehydes is 1. The second-order valence-electron chi connectivity index (χ2n) is 15.3. The van der Waals surface area contributed by atoms with Crippen LogP contribution in [0.15, 0.2) is 134 Å². The Kier molecular flexibility index (Phi) is 27.3. The minimum atomic E-state index is -0.383. The summed E-state index contributed by atoms with van der Waals surface area (Å²) >= 11 is 24.0. The third-order valence-electron chi connectivity index (χ3n) is 9.43. The Balaban J connectivity index is 0.000000268. The highest BCUT2D eigenvalue weighted by molar-refractivity contribution is 6.35. The summed E-state index contributed by atoms with van der Waals surface area (Å²) in [5.74, 6) is -0.296. The van der Waals surface area contributed by atoms with Gasteiger partial charge in [0.2, 0.25) is 11.8 Å². The molecule has 0 aliphatic carbocycles. The summed E-state index contributed by atoms with van der Waals surface area (Å²) in [6.45, 7) is 5.87. The Hall–Kier alpha value is -6.08. The van der Waals surface area contributed by atoms with Crippen molar-refractivity contribution < 1.29 is 32.7 Å². The van der Waals surface area contributed by atoms with E-state index < -0.39 is 0 Å². The van der Waals surface area contributed by atoms with Gasteiger partial charge in [-0.3, -0.25) is 19.3 Å². The number of hydrogen-bond acceptors (Lipinski definition) is 9. The van der Waals surface area contributed by atoms with E-state index in [0.717, 1.165) is 33.6 Å². The number of aliphatic hydroxyl groups excluding tert-OH is 1. The monoisotopic (exact) mass is 1060 g/mol. The Labute approximate surface area is 431 Å². The van der Waals surface area contributed by atoms with Crippen LogP contribution >= 0.6 is 46.4 Å². The maximum atomic E-state index is 13.5. The quantitative estimate of drug-likeness (QED) is 0.0410. The van der Waals surface area contributed by atoms with Gasteiger partial charge >= 0.3 is 0 Å². The van der Waals surface area contributed by atoms with Crippen LogP contribution in [0.25, 0.3) is 0 Å². The molecular formula is C51H56Cl4F3N9O4. The molecule has 2 amide bonds. The van der Waals surface area contributed by atoms with E-state index in [0.29, 0.717) is 91.0 Å². The summed E-state index contributed by atoms with van der Waals surface area (Å²) < 4.78 is 42.3. The first-order valence-electron chi connectivity index (χ1n) is 21.9. The topological polar surface area (TPSA) is 200 Å². The van der Waals surface area contributed by atoms with Crippen molar-refractivity contribution in [3.8, 4) is 0 Å². The molecule has 20 heteroatoms. The lowest BCUT2D eigenvalue weighted by atomic mass is 10.2.